The summed E-state index contributed by atoms with van der Waals surface area (Å²) in [4.78, 5) is 26.2. The van der Waals surface area contributed by atoms with E-state index in [0.717, 1.165) is 6.54 Å². The second-order valence-electron chi connectivity index (χ2n) is 5.70. The molecule has 0 bridgehead atoms. The van der Waals surface area contributed by atoms with E-state index in [1.165, 1.54) is 0 Å². The fourth-order valence-electron chi connectivity index (χ4n) is 2.57. The highest BCUT2D eigenvalue weighted by Crippen LogP contribution is 2.23. The van der Waals surface area contributed by atoms with E-state index in [-0.39, 0.29) is 18.0 Å². The molecule has 1 fully saturated rings. The quantitative estimate of drug-likeness (QED) is 0.716. The molecule has 1 unspecified atom stereocenters. The molecular weight excluding hydrogens is 344 g/mol. The zero-order chi connectivity index (χ0) is 18.2. The van der Waals surface area contributed by atoms with E-state index in [1.54, 1.807) is 23.1 Å². The van der Waals surface area contributed by atoms with Crippen molar-refractivity contribution >= 4 is 29.2 Å². The average Bonchev–Trinajstić information content (AvgIpc) is 2.63. The Balaban J connectivity index is 1.97. The molecule has 1 aromatic carbocycles. The third kappa shape index (κ3) is 5.59. The van der Waals surface area contributed by atoms with Gasteiger partial charge in [-0.1, -0.05) is 11.6 Å². The number of anilines is 1. The second kappa shape index (κ2) is 9.60. The van der Waals surface area contributed by atoms with Crippen molar-refractivity contribution in [1.82, 2.24) is 15.5 Å². The first-order chi connectivity index (χ1) is 12.0. The molecule has 0 aromatic heterocycles. The van der Waals surface area contributed by atoms with Crippen molar-refractivity contribution < 1.29 is 14.3 Å². The molecule has 2 rings (SSSR count). The molecule has 1 aromatic rings. The van der Waals surface area contributed by atoms with Gasteiger partial charge in [0.25, 0.3) is 5.91 Å². The number of nitrogens with one attached hydrogen (secondary N) is 3. The lowest BCUT2D eigenvalue weighted by molar-refractivity contribution is 0.0310. The van der Waals surface area contributed by atoms with Gasteiger partial charge in [0.2, 0.25) is 0 Å². The van der Waals surface area contributed by atoms with Gasteiger partial charge < -0.3 is 25.6 Å². The number of amides is 3. The third-order valence-corrected chi connectivity index (χ3v) is 4.34. The molecule has 25 heavy (non-hydrogen) atoms. The number of morpholine rings is 1. The van der Waals surface area contributed by atoms with Crippen molar-refractivity contribution in [3.63, 3.8) is 0 Å². The molecular formula is C17H25ClN4O3. The number of benzene rings is 1. The van der Waals surface area contributed by atoms with Crippen LogP contribution in [0, 0.1) is 0 Å². The number of ether oxygens (including phenoxy) is 1. The molecule has 3 N–H and O–H groups in total. The predicted octanol–water partition coefficient (Wildman–Crippen LogP) is 1.93. The molecule has 0 radical (unpaired) electrons. The van der Waals surface area contributed by atoms with Crippen molar-refractivity contribution in [2.75, 3.05) is 44.6 Å². The minimum Gasteiger partial charge on any atom is -0.374 e. The smallest absolute Gasteiger partial charge is 0.319 e. The van der Waals surface area contributed by atoms with Crippen LogP contribution < -0.4 is 16.0 Å². The summed E-state index contributed by atoms with van der Waals surface area (Å²) in [6.45, 7) is 7.65. The Kier molecular flexibility index (Phi) is 7.49. The molecule has 0 aliphatic carbocycles. The van der Waals surface area contributed by atoms with Crippen LogP contribution in [-0.2, 0) is 4.74 Å². The zero-order valence-corrected chi connectivity index (χ0v) is 15.4. The number of halogens is 1. The van der Waals surface area contributed by atoms with E-state index in [1.807, 2.05) is 13.8 Å². The Morgan fingerprint density at radius 2 is 2.12 bits per heavy atom. The number of hydrogen-bond donors (Lipinski definition) is 3. The summed E-state index contributed by atoms with van der Waals surface area (Å²) in [5.41, 5.74) is 0.892. The first kappa shape index (κ1) is 19.5. The minimum atomic E-state index is -0.386. The highest BCUT2D eigenvalue weighted by Gasteiger charge is 2.17. The molecule has 1 saturated heterocycles. The highest BCUT2D eigenvalue weighted by molar-refractivity contribution is 6.33. The molecule has 1 aliphatic heterocycles. The molecule has 3 amide bonds. The maximum Gasteiger partial charge on any atom is 0.319 e. The number of nitrogens with zero attached hydrogens (tertiary/aromatic N) is 1. The van der Waals surface area contributed by atoms with Crippen LogP contribution in [-0.4, -0.2) is 62.3 Å². The first-order valence-corrected chi connectivity index (χ1v) is 8.89. The number of carbonyl (C=O) groups excluding carboxylic acids is 2. The van der Waals surface area contributed by atoms with Crippen LogP contribution in [0.4, 0.5) is 10.5 Å². The first-order valence-electron chi connectivity index (χ1n) is 8.51. The van der Waals surface area contributed by atoms with Crippen LogP contribution in [0.25, 0.3) is 0 Å². The van der Waals surface area contributed by atoms with E-state index in [4.69, 9.17) is 16.3 Å². The number of hydrogen-bond acceptors (Lipinski definition) is 4. The van der Waals surface area contributed by atoms with Crippen molar-refractivity contribution in [2.24, 2.45) is 0 Å². The van der Waals surface area contributed by atoms with Crippen molar-refractivity contribution in [3.8, 4) is 0 Å². The minimum absolute atomic E-state index is 0.0504. The molecule has 1 aliphatic rings. The van der Waals surface area contributed by atoms with E-state index < -0.39 is 0 Å². The topological polar surface area (TPSA) is 82.7 Å². The number of rotatable bonds is 6. The largest absolute Gasteiger partial charge is 0.374 e. The highest BCUT2D eigenvalue weighted by atomic mass is 35.5. The van der Waals surface area contributed by atoms with E-state index in [0.29, 0.717) is 49.1 Å². The molecule has 8 heteroatoms. The number of urea groups is 1. The SMILES string of the molecule is CCN(CC)C(=O)c1ccc(Cl)c(NC(=O)NCC2CNCCO2)c1. The summed E-state index contributed by atoms with van der Waals surface area (Å²) < 4.78 is 5.52. The summed E-state index contributed by atoms with van der Waals surface area (Å²) in [5.74, 6) is -0.0909. The predicted molar refractivity (Wildman–Crippen MR) is 98.3 cm³/mol. The van der Waals surface area contributed by atoms with Gasteiger partial charge in [0.05, 0.1) is 23.4 Å². The Morgan fingerprint density at radius 1 is 1.36 bits per heavy atom. The fourth-order valence-corrected chi connectivity index (χ4v) is 2.74. The van der Waals surface area contributed by atoms with Gasteiger partial charge in [0.1, 0.15) is 0 Å². The van der Waals surface area contributed by atoms with E-state index >= 15 is 0 Å². The summed E-state index contributed by atoms with van der Waals surface area (Å²) in [5, 5.41) is 9.02. The molecule has 1 atom stereocenters. The van der Waals surface area contributed by atoms with Gasteiger partial charge in [-0.2, -0.15) is 0 Å². The molecule has 7 nitrogen and oxygen atoms in total. The summed E-state index contributed by atoms with van der Waals surface area (Å²) in [6, 6.07) is 4.49. The Labute approximate surface area is 153 Å². The molecule has 1 heterocycles. The Morgan fingerprint density at radius 3 is 2.76 bits per heavy atom. The van der Waals surface area contributed by atoms with Gasteiger partial charge in [0.15, 0.2) is 0 Å². The monoisotopic (exact) mass is 368 g/mol. The molecule has 0 saturated carbocycles. The van der Waals surface area contributed by atoms with Crippen LogP contribution in [0.3, 0.4) is 0 Å². The lowest BCUT2D eigenvalue weighted by Gasteiger charge is -2.23. The lowest BCUT2D eigenvalue weighted by Crippen LogP contribution is -2.46. The van der Waals surface area contributed by atoms with Gasteiger partial charge in [-0.3, -0.25) is 4.79 Å². The van der Waals surface area contributed by atoms with Gasteiger partial charge in [-0.15, -0.1) is 0 Å². The van der Waals surface area contributed by atoms with Crippen LogP contribution in [0.15, 0.2) is 18.2 Å². The van der Waals surface area contributed by atoms with Gasteiger partial charge in [-0.25, -0.2) is 4.79 Å². The third-order valence-electron chi connectivity index (χ3n) is 4.01. The fraction of sp³-hybridized carbons (Fsp3) is 0.529. The molecule has 138 valence electrons. The van der Waals surface area contributed by atoms with E-state index in [2.05, 4.69) is 16.0 Å². The van der Waals surface area contributed by atoms with Gasteiger partial charge in [0, 0.05) is 38.3 Å². The zero-order valence-electron chi connectivity index (χ0n) is 14.6. The van der Waals surface area contributed by atoms with Crippen molar-refractivity contribution in [1.29, 1.82) is 0 Å². The second-order valence-corrected chi connectivity index (χ2v) is 6.11. The summed E-state index contributed by atoms with van der Waals surface area (Å²) in [6.07, 6.45) is -0.0504. The Hall–Kier alpha value is -1.83. The number of carbonyl (C=O) groups is 2. The van der Waals surface area contributed by atoms with Gasteiger partial charge >= 0.3 is 6.03 Å². The van der Waals surface area contributed by atoms with Crippen LogP contribution in [0.5, 0.6) is 0 Å². The van der Waals surface area contributed by atoms with Crippen LogP contribution in [0.1, 0.15) is 24.2 Å². The summed E-state index contributed by atoms with van der Waals surface area (Å²) >= 11 is 6.14. The Bertz CT molecular complexity index is 602. The maximum absolute atomic E-state index is 12.4. The van der Waals surface area contributed by atoms with Crippen molar-refractivity contribution in [2.45, 2.75) is 20.0 Å². The lowest BCUT2D eigenvalue weighted by atomic mass is 10.1. The van der Waals surface area contributed by atoms with Crippen LogP contribution >= 0.6 is 11.6 Å². The summed E-state index contributed by atoms with van der Waals surface area (Å²) in [7, 11) is 0. The van der Waals surface area contributed by atoms with Gasteiger partial charge in [-0.05, 0) is 32.0 Å². The van der Waals surface area contributed by atoms with Crippen molar-refractivity contribution in [3.05, 3.63) is 28.8 Å². The van der Waals surface area contributed by atoms with Crippen LogP contribution in [0.2, 0.25) is 5.02 Å². The molecule has 0 spiro atoms. The normalized spacial score (nSPS) is 17.0. The standard InChI is InChI=1S/C17H25ClN4O3/c1-3-22(4-2)16(23)12-5-6-14(18)15(9-12)21-17(24)20-11-13-10-19-7-8-25-13/h5-6,9,13,19H,3-4,7-8,10-11H2,1-2H3,(H2,20,21,24). The van der Waals surface area contributed by atoms with E-state index in [9.17, 15) is 9.59 Å². The average molecular weight is 369 g/mol. The maximum atomic E-state index is 12.4.